The van der Waals surface area contributed by atoms with E-state index in [2.05, 4.69) is 14.8 Å². The number of hydrogen-bond acceptors (Lipinski definition) is 6. The summed E-state index contributed by atoms with van der Waals surface area (Å²) in [6.07, 6.45) is -0.219. The van der Waals surface area contributed by atoms with Crippen molar-refractivity contribution in [2.24, 2.45) is 0 Å². The van der Waals surface area contributed by atoms with Gasteiger partial charge in [-0.25, -0.2) is 17.9 Å². The van der Waals surface area contributed by atoms with Gasteiger partial charge < -0.3 is 14.8 Å². The summed E-state index contributed by atoms with van der Waals surface area (Å²) in [6.45, 7) is 1.08. The molecular formula is C13H18N2O5S. The van der Waals surface area contributed by atoms with Gasteiger partial charge in [-0.2, -0.15) is 0 Å². The highest BCUT2D eigenvalue weighted by molar-refractivity contribution is 7.89. The van der Waals surface area contributed by atoms with Crippen LogP contribution in [0.3, 0.4) is 0 Å². The first-order valence-electron chi connectivity index (χ1n) is 6.42. The number of hydrogen-bond donors (Lipinski definition) is 2. The molecule has 1 aromatic carbocycles. The summed E-state index contributed by atoms with van der Waals surface area (Å²) < 4.78 is 37.1. The van der Waals surface area contributed by atoms with Crippen molar-refractivity contribution in [1.29, 1.82) is 0 Å². The molecule has 0 bridgehead atoms. The second-order valence-electron chi connectivity index (χ2n) is 4.68. The van der Waals surface area contributed by atoms with Crippen LogP contribution in [-0.4, -0.2) is 53.8 Å². The quantitative estimate of drug-likeness (QED) is 0.727. The van der Waals surface area contributed by atoms with Gasteiger partial charge in [0.25, 0.3) is 0 Å². The average Bonchev–Trinajstić information content (AvgIpc) is 2.93. The molecule has 0 amide bonds. The monoisotopic (exact) mass is 314 g/mol. The number of carbonyl (C=O) groups excluding carboxylic acids is 1. The molecule has 116 valence electrons. The predicted octanol–water partition coefficient (Wildman–Crippen LogP) is -0.262. The van der Waals surface area contributed by atoms with Gasteiger partial charge in [-0.1, -0.05) is 6.07 Å². The lowest BCUT2D eigenvalue weighted by Gasteiger charge is -2.18. The van der Waals surface area contributed by atoms with Crippen LogP contribution in [0.1, 0.15) is 10.4 Å². The van der Waals surface area contributed by atoms with Crippen LogP contribution in [0.25, 0.3) is 0 Å². The molecule has 1 heterocycles. The highest BCUT2D eigenvalue weighted by atomic mass is 32.2. The number of rotatable bonds is 5. The lowest BCUT2D eigenvalue weighted by Crippen LogP contribution is -2.43. The van der Waals surface area contributed by atoms with E-state index in [1.807, 2.05) is 0 Å². The van der Waals surface area contributed by atoms with Crippen LogP contribution in [-0.2, 0) is 19.5 Å². The first-order valence-corrected chi connectivity index (χ1v) is 7.90. The van der Waals surface area contributed by atoms with Gasteiger partial charge >= 0.3 is 5.97 Å². The highest BCUT2D eigenvalue weighted by Crippen LogP contribution is 2.15. The van der Waals surface area contributed by atoms with E-state index in [0.29, 0.717) is 13.1 Å². The molecule has 0 aromatic heterocycles. The summed E-state index contributed by atoms with van der Waals surface area (Å²) in [5.74, 6) is -0.579. The molecule has 0 saturated carbocycles. The topological polar surface area (TPSA) is 93.7 Å². The Morgan fingerprint density at radius 2 is 2.10 bits per heavy atom. The number of ether oxygens (including phenoxy) is 2. The maximum atomic E-state index is 12.4. The molecule has 0 aliphatic carbocycles. The van der Waals surface area contributed by atoms with Crippen LogP contribution >= 0.6 is 0 Å². The number of nitrogens with one attached hydrogen (secondary N) is 2. The van der Waals surface area contributed by atoms with E-state index in [0.717, 1.165) is 0 Å². The van der Waals surface area contributed by atoms with E-state index >= 15 is 0 Å². The molecule has 1 unspecified atom stereocenters. The minimum Gasteiger partial charge on any atom is -0.465 e. The Labute approximate surface area is 123 Å². The van der Waals surface area contributed by atoms with Crippen LogP contribution in [0.2, 0.25) is 0 Å². The molecule has 21 heavy (non-hydrogen) atoms. The minimum absolute atomic E-state index is 0.0205. The number of carbonyl (C=O) groups is 1. The fourth-order valence-corrected chi connectivity index (χ4v) is 3.50. The van der Waals surface area contributed by atoms with E-state index in [1.165, 1.54) is 38.5 Å². The van der Waals surface area contributed by atoms with Gasteiger partial charge in [0, 0.05) is 20.2 Å². The largest absolute Gasteiger partial charge is 0.465 e. The predicted molar refractivity (Wildman–Crippen MR) is 75.6 cm³/mol. The Kier molecular flexibility index (Phi) is 4.94. The number of esters is 1. The molecule has 7 nitrogen and oxygen atoms in total. The summed E-state index contributed by atoms with van der Waals surface area (Å²) in [7, 11) is -0.945. The Morgan fingerprint density at radius 3 is 2.76 bits per heavy atom. The van der Waals surface area contributed by atoms with Crippen LogP contribution in [0.4, 0.5) is 0 Å². The Bertz CT molecular complexity index is 617. The maximum Gasteiger partial charge on any atom is 0.337 e. The van der Waals surface area contributed by atoms with Crippen molar-refractivity contribution >= 4 is 16.0 Å². The van der Waals surface area contributed by atoms with Gasteiger partial charge in [-0.3, -0.25) is 0 Å². The number of methoxy groups -OCH3 is 2. The first kappa shape index (κ1) is 15.9. The van der Waals surface area contributed by atoms with Crippen LogP contribution in [0, 0.1) is 0 Å². The maximum absolute atomic E-state index is 12.4. The fourth-order valence-electron chi connectivity index (χ4n) is 2.20. The Balaban J connectivity index is 2.21. The molecule has 1 fully saturated rings. The number of sulfonamides is 1. The van der Waals surface area contributed by atoms with Crippen molar-refractivity contribution in [2.75, 3.05) is 27.3 Å². The third kappa shape index (κ3) is 3.59. The normalized spacial score (nSPS) is 22.2. The van der Waals surface area contributed by atoms with Gasteiger partial charge in [0.2, 0.25) is 10.0 Å². The second kappa shape index (κ2) is 6.52. The van der Waals surface area contributed by atoms with Crippen LogP contribution in [0.15, 0.2) is 29.2 Å². The SMILES string of the molecule is COC(=O)c1cccc(S(=O)(=O)NC2CNC[C@@H]2OC)c1. The lowest BCUT2D eigenvalue weighted by atomic mass is 10.2. The van der Waals surface area contributed by atoms with E-state index in [-0.39, 0.29) is 22.6 Å². The summed E-state index contributed by atoms with van der Waals surface area (Å²) in [5, 5.41) is 3.06. The number of benzene rings is 1. The molecular weight excluding hydrogens is 296 g/mol. The lowest BCUT2D eigenvalue weighted by molar-refractivity contribution is 0.0600. The van der Waals surface area contributed by atoms with Gasteiger partial charge in [-0.05, 0) is 18.2 Å². The van der Waals surface area contributed by atoms with Gasteiger partial charge in [-0.15, -0.1) is 0 Å². The molecule has 1 aliphatic rings. The zero-order valence-corrected chi connectivity index (χ0v) is 12.6. The van der Waals surface area contributed by atoms with E-state index < -0.39 is 16.0 Å². The molecule has 2 N–H and O–H groups in total. The van der Waals surface area contributed by atoms with Crippen molar-refractivity contribution in [1.82, 2.24) is 10.0 Å². The third-order valence-corrected chi connectivity index (χ3v) is 4.82. The Morgan fingerprint density at radius 1 is 1.33 bits per heavy atom. The first-order chi connectivity index (χ1) is 9.97. The molecule has 0 spiro atoms. The zero-order valence-electron chi connectivity index (χ0n) is 11.8. The minimum atomic E-state index is -3.73. The van der Waals surface area contributed by atoms with Gasteiger partial charge in [0.15, 0.2) is 0 Å². The summed E-state index contributed by atoms with van der Waals surface area (Å²) >= 11 is 0. The molecule has 8 heteroatoms. The van der Waals surface area contributed by atoms with Gasteiger partial charge in [0.1, 0.15) is 0 Å². The van der Waals surface area contributed by atoms with E-state index in [1.54, 1.807) is 0 Å². The molecule has 1 aliphatic heterocycles. The highest BCUT2D eigenvalue weighted by Gasteiger charge is 2.31. The standard InChI is InChI=1S/C13H18N2O5S/c1-19-12-8-14-7-11(12)15-21(17,18)10-5-3-4-9(6-10)13(16)20-2/h3-6,11-12,14-15H,7-8H2,1-2H3/t11?,12-/m0/s1. The van der Waals surface area contributed by atoms with Crippen molar-refractivity contribution in [2.45, 2.75) is 17.0 Å². The smallest absolute Gasteiger partial charge is 0.337 e. The van der Waals surface area contributed by atoms with Crippen LogP contribution in [0.5, 0.6) is 0 Å². The van der Waals surface area contributed by atoms with Crippen LogP contribution < -0.4 is 10.0 Å². The molecule has 1 saturated heterocycles. The van der Waals surface area contributed by atoms with Crippen molar-refractivity contribution in [3.8, 4) is 0 Å². The molecule has 2 atom stereocenters. The molecule has 1 aromatic rings. The average molecular weight is 314 g/mol. The Hall–Kier alpha value is -1.48. The summed E-state index contributed by atoms with van der Waals surface area (Å²) in [5.41, 5.74) is 0.188. The second-order valence-corrected chi connectivity index (χ2v) is 6.39. The van der Waals surface area contributed by atoms with Crippen molar-refractivity contribution in [3.05, 3.63) is 29.8 Å². The summed E-state index contributed by atoms with van der Waals surface area (Å²) in [4.78, 5) is 11.5. The third-order valence-electron chi connectivity index (χ3n) is 3.33. The fraction of sp³-hybridized carbons (Fsp3) is 0.462. The van der Waals surface area contributed by atoms with E-state index in [4.69, 9.17) is 4.74 Å². The van der Waals surface area contributed by atoms with Crippen molar-refractivity contribution in [3.63, 3.8) is 0 Å². The zero-order chi connectivity index (χ0) is 15.5. The van der Waals surface area contributed by atoms with Gasteiger partial charge in [0.05, 0.1) is 29.7 Å². The molecule has 0 radical (unpaired) electrons. The van der Waals surface area contributed by atoms with E-state index in [9.17, 15) is 13.2 Å². The molecule has 2 rings (SSSR count). The van der Waals surface area contributed by atoms with Crippen molar-refractivity contribution < 1.29 is 22.7 Å². The summed E-state index contributed by atoms with van der Waals surface area (Å²) in [6, 6.07) is 5.38.